The Balaban J connectivity index is 1.36. The van der Waals surface area contributed by atoms with Crippen LogP contribution in [0.1, 0.15) is 16.7 Å². The molecule has 3 amide bonds. The van der Waals surface area contributed by atoms with Crippen LogP contribution in [0.15, 0.2) is 89.0 Å². The van der Waals surface area contributed by atoms with Crippen molar-refractivity contribution in [3.05, 3.63) is 112 Å². The number of carbonyl (C=O) groups excluding carboxylic acids is 2. The lowest BCUT2D eigenvalue weighted by atomic mass is 10.1. The quantitative estimate of drug-likeness (QED) is 0.209. The first-order chi connectivity index (χ1) is 17.9. The molecule has 186 valence electrons. The van der Waals surface area contributed by atoms with Crippen LogP contribution in [0.5, 0.6) is 11.5 Å². The number of rotatable bonds is 7. The Kier molecular flexibility index (Phi) is 6.92. The number of benzene rings is 4. The Morgan fingerprint density at radius 3 is 2.51 bits per heavy atom. The highest BCUT2D eigenvalue weighted by molar-refractivity contribution is 9.10. The third kappa shape index (κ3) is 5.20. The van der Waals surface area contributed by atoms with Crippen molar-refractivity contribution >= 4 is 44.7 Å². The highest BCUT2D eigenvalue weighted by Gasteiger charge is 2.33. The Morgan fingerprint density at radius 1 is 0.973 bits per heavy atom. The second-order valence-corrected chi connectivity index (χ2v) is 9.31. The first-order valence-corrected chi connectivity index (χ1v) is 12.3. The van der Waals surface area contributed by atoms with E-state index in [1.807, 2.05) is 24.3 Å². The van der Waals surface area contributed by atoms with E-state index in [-0.39, 0.29) is 18.1 Å². The summed E-state index contributed by atoms with van der Waals surface area (Å²) in [5.74, 6) is 0.153. The van der Waals surface area contributed by atoms with Gasteiger partial charge in [-0.2, -0.15) is 0 Å². The van der Waals surface area contributed by atoms with Gasteiger partial charge in [-0.15, -0.1) is 0 Å². The van der Waals surface area contributed by atoms with E-state index in [4.69, 9.17) is 9.47 Å². The molecule has 0 unspecified atom stereocenters. The number of fused-ring (bicyclic) bond motifs is 1. The number of urea groups is 1. The van der Waals surface area contributed by atoms with E-state index in [1.165, 1.54) is 31.4 Å². The zero-order valence-electron chi connectivity index (χ0n) is 19.8. The first-order valence-electron chi connectivity index (χ1n) is 11.5. The molecule has 8 heteroatoms. The standard InChI is InChI=1S/C29H22BrFN2O4/c1-36-26-14-21(13-25-28(34)33(29(35)32-25)16-18-9-11-22(31)12-10-18)24(30)15-27(26)37-17-20-7-4-6-19-5-2-3-8-23(19)20/h2-15H,16-17H2,1H3,(H,32,35)/b25-13+. The average Bonchev–Trinajstić information content (AvgIpc) is 3.17. The summed E-state index contributed by atoms with van der Waals surface area (Å²) in [6.45, 7) is 0.380. The van der Waals surface area contributed by atoms with Gasteiger partial charge in [0.25, 0.3) is 5.91 Å². The van der Waals surface area contributed by atoms with Crippen LogP contribution in [-0.2, 0) is 17.9 Å². The molecule has 0 bridgehead atoms. The van der Waals surface area contributed by atoms with Crippen LogP contribution in [0, 0.1) is 5.82 Å². The molecule has 0 saturated carbocycles. The van der Waals surface area contributed by atoms with Gasteiger partial charge in [0.15, 0.2) is 11.5 Å². The molecule has 1 N–H and O–H groups in total. The molecule has 0 aromatic heterocycles. The molecular formula is C29H22BrFN2O4. The van der Waals surface area contributed by atoms with Gasteiger partial charge in [-0.1, -0.05) is 70.5 Å². The second kappa shape index (κ2) is 10.4. The minimum absolute atomic E-state index is 0.0354. The largest absolute Gasteiger partial charge is 0.493 e. The number of hydrogen-bond acceptors (Lipinski definition) is 4. The van der Waals surface area contributed by atoms with Gasteiger partial charge in [0.1, 0.15) is 18.1 Å². The minimum Gasteiger partial charge on any atom is -0.493 e. The molecule has 1 aliphatic heterocycles. The third-order valence-corrected chi connectivity index (χ3v) is 6.75. The van der Waals surface area contributed by atoms with Gasteiger partial charge in [0.2, 0.25) is 0 Å². The SMILES string of the molecule is COc1cc(/C=C2/NC(=O)N(Cc3ccc(F)cc3)C2=O)c(Br)cc1OCc1cccc2ccccc12. The van der Waals surface area contributed by atoms with E-state index in [0.717, 1.165) is 21.2 Å². The van der Waals surface area contributed by atoms with Gasteiger partial charge in [-0.25, -0.2) is 9.18 Å². The average molecular weight is 561 g/mol. The molecule has 0 atom stereocenters. The van der Waals surface area contributed by atoms with E-state index >= 15 is 0 Å². The first kappa shape index (κ1) is 24.5. The number of carbonyl (C=O) groups is 2. The molecule has 1 saturated heterocycles. The van der Waals surface area contributed by atoms with Gasteiger partial charge in [-0.3, -0.25) is 9.69 Å². The minimum atomic E-state index is -0.543. The number of hydrogen-bond donors (Lipinski definition) is 1. The third-order valence-electron chi connectivity index (χ3n) is 6.06. The lowest BCUT2D eigenvalue weighted by Crippen LogP contribution is -2.30. The summed E-state index contributed by atoms with van der Waals surface area (Å²) in [7, 11) is 1.54. The van der Waals surface area contributed by atoms with Crippen LogP contribution < -0.4 is 14.8 Å². The van der Waals surface area contributed by atoms with Gasteiger partial charge in [-0.05, 0) is 57.8 Å². The lowest BCUT2D eigenvalue weighted by molar-refractivity contribution is -0.123. The van der Waals surface area contributed by atoms with Crippen LogP contribution in [0.2, 0.25) is 0 Å². The fourth-order valence-corrected chi connectivity index (χ4v) is 4.59. The van der Waals surface area contributed by atoms with Gasteiger partial charge < -0.3 is 14.8 Å². The molecule has 0 radical (unpaired) electrons. The molecule has 1 aliphatic rings. The Morgan fingerprint density at radius 2 is 1.73 bits per heavy atom. The maximum Gasteiger partial charge on any atom is 0.329 e. The van der Waals surface area contributed by atoms with Crippen molar-refractivity contribution in [3.8, 4) is 11.5 Å². The molecular weight excluding hydrogens is 539 g/mol. The lowest BCUT2D eigenvalue weighted by Gasteiger charge is -2.14. The molecule has 0 aliphatic carbocycles. The van der Waals surface area contributed by atoms with E-state index in [1.54, 1.807) is 18.2 Å². The van der Waals surface area contributed by atoms with Gasteiger partial charge in [0.05, 0.1) is 13.7 Å². The van der Waals surface area contributed by atoms with Crippen molar-refractivity contribution in [2.45, 2.75) is 13.2 Å². The molecule has 5 rings (SSSR count). The topological polar surface area (TPSA) is 67.9 Å². The highest BCUT2D eigenvalue weighted by Crippen LogP contribution is 2.36. The fraction of sp³-hybridized carbons (Fsp3) is 0.103. The number of methoxy groups -OCH3 is 1. The molecule has 1 heterocycles. The van der Waals surface area contributed by atoms with Crippen LogP contribution in [0.3, 0.4) is 0 Å². The van der Waals surface area contributed by atoms with Crippen molar-refractivity contribution in [2.75, 3.05) is 7.11 Å². The van der Waals surface area contributed by atoms with Crippen molar-refractivity contribution in [2.24, 2.45) is 0 Å². The second-order valence-electron chi connectivity index (χ2n) is 8.46. The van der Waals surface area contributed by atoms with Crippen molar-refractivity contribution < 1.29 is 23.5 Å². The van der Waals surface area contributed by atoms with Gasteiger partial charge >= 0.3 is 6.03 Å². The number of ether oxygens (including phenoxy) is 2. The predicted octanol–water partition coefficient (Wildman–Crippen LogP) is 6.42. The Hall–Kier alpha value is -4.17. The van der Waals surface area contributed by atoms with Crippen LogP contribution in [0.4, 0.5) is 9.18 Å². The smallest absolute Gasteiger partial charge is 0.329 e. The fourth-order valence-electron chi connectivity index (χ4n) is 4.15. The van der Waals surface area contributed by atoms with Crippen molar-refractivity contribution in [1.29, 1.82) is 0 Å². The van der Waals surface area contributed by atoms with Gasteiger partial charge in [0, 0.05) is 4.47 Å². The summed E-state index contributed by atoms with van der Waals surface area (Å²) in [6.07, 6.45) is 1.58. The Labute approximate surface area is 221 Å². The predicted molar refractivity (Wildman–Crippen MR) is 142 cm³/mol. The van der Waals surface area contributed by atoms with E-state index in [9.17, 15) is 14.0 Å². The normalized spacial score (nSPS) is 14.4. The maximum absolute atomic E-state index is 13.2. The highest BCUT2D eigenvalue weighted by atomic mass is 79.9. The summed E-state index contributed by atoms with van der Waals surface area (Å²) >= 11 is 3.54. The molecule has 4 aromatic carbocycles. The molecule has 0 spiro atoms. The molecule has 6 nitrogen and oxygen atoms in total. The number of nitrogens with one attached hydrogen (secondary N) is 1. The van der Waals surface area contributed by atoms with Crippen molar-refractivity contribution in [3.63, 3.8) is 0 Å². The molecule has 4 aromatic rings. The summed E-state index contributed by atoms with van der Waals surface area (Å²) in [6, 6.07) is 22.8. The van der Waals surface area contributed by atoms with E-state index < -0.39 is 11.9 Å². The van der Waals surface area contributed by atoms with E-state index in [2.05, 4.69) is 39.4 Å². The molecule has 37 heavy (non-hydrogen) atoms. The zero-order chi connectivity index (χ0) is 25.9. The summed E-state index contributed by atoms with van der Waals surface area (Å²) in [5, 5.41) is 4.86. The van der Waals surface area contributed by atoms with Crippen molar-refractivity contribution in [1.82, 2.24) is 10.2 Å². The molecule has 1 fully saturated rings. The monoisotopic (exact) mass is 560 g/mol. The number of nitrogens with zero attached hydrogens (tertiary/aromatic N) is 1. The van der Waals surface area contributed by atoms with E-state index in [0.29, 0.717) is 33.7 Å². The maximum atomic E-state index is 13.2. The number of halogens is 2. The van der Waals surface area contributed by atoms with Crippen LogP contribution >= 0.6 is 15.9 Å². The van der Waals surface area contributed by atoms with Crippen LogP contribution in [0.25, 0.3) is 16.8 Å². The summed E-state index contributed by atoms with van der Waals surface area (Å²) in [4.78, 5) is 26.4. The zero-order valence-corrected chi connectivity index (χ0v) is 21.4. The number of amides is 3. The summed E-state index contributed by atoms with van der Waals surface area (Å²) < 4.78 is 25.5. The Bertz CT molecular complexity index is 1530. The van der Waals surface area contributed by atoms with Crippen LogP contribution in [-0.4, -0.2) is 23.9 Å². The summed E-state index contributed by atoms with van der Waals surface area (Å²) in [5.41, 5.74) is 2.44. The number of imide groups is 1.